The Balaban J connectivity index is 1.68. The van der Waals surface area contributed by atoms with Crippen molar-refractivity contribution < 1.29 is 9.53 Å². The zero-order valence-electron chi connectivity index (χ0n) is 12.6. The molecule has 1 aliphatic rings. The van der Waals surface area contributed by atoms with Crippen molar-refractivity contribution in [3.8, 4) is 5.88 Å². The molecule has 1 aliphatic heterocycles. The van der Waals surface area contributed by atoms with E-state index in [1.54, 1.807) is 18.6 Å². The fourth-order valence-corrected chi connectivity index (χ4v) is 2.72. The lowest BCUT2D eigenvalue weighted by atomic mass is 10.0. The van der Waals surface area contributed by atoms with Gasteiger partial charge in [0.2, 0.25) is 5.88 Å². The van der Waals surface area contributed by atoms with Crippen molar-refractivity contribution in [2.24, 2.45) is 0 Å². The van der Waals surface area contributed by atoms with Crippen LogP contribution in [0.25, 0.3) is 0 Å². The third-order valence-corrected chi connectivity index (χ3v) is 3.87. The third-order valence-electron chi connectivity index (χ3n) is 3.87. The standard InChI is InChI=1S/C17H19N3O2/c1-13-5-2-3-7-15(13)17(21)20-10-4-6-14(12-20)22-16-11-18-8-9-19-16/h2-3,5,7-9,11,14H,4,6,10,12H2,1H3. The lowest BCUT2D eigenvalue weighted by molar-refractivity contribution is 0.0526. The van der Waals surface area contributed by atoms with E-state index in [4.69, 9.17) is 4.74 Å². The highest BCUT2D eigenvalue weighted by atomic mass is 16.5. The van der Waals surface area contributed by atoms with Crippen molar-refractivity contribution in [2.75, 3.05) is 13.1 Å². The molecule has 3 rings (SSSR count). The molecule has 2 heterocycles. The number of aromatic nitrogens is 2. The Kier molecular flexibility index (Phi) is 4.32. The van der Waals surface area contributed by atoms with Gasteiger partial charge in [-0.25, -0.2) is 4.98 Å². The number of aryl methyl sites for hydroxylation is 1. The van der Waals surface area contributed by atoms with Crippen molar-refractivity contribution in [2.45, 2.75) is 25.9 Å². The molecule has 5 nitrogen and oxygen atoms in total. The molecule has 0 aliphatic carbocycles. The normalized spacial score (nSPS) is 18.0. The number of nitrogens with zero attached hydrogens (tertiary/aromatic N) is 3. The summed E-state index contributed by atoms with van der Waals surface area (Å²) >= 11 is 0. The number of piperidine rings is 1. The second kappa shape index (κ2) is 6.56. The minimum Gasteiger partial charge on any atom is -0.471 e. The van der Waals surface area contributed by atoms with Gasteiger partial charge in [-0.15, -0.1) is 0 Å². The van der Waals surface area contributed by atoms with E-state index in [1.165, 1.54) is 0 Å². The number of benzene rings is 1. The minimum absolute atomic E-state index is 0.0292. The molecule has 1 saturated heterocycles. The molecule has 0 spiro atoms. The Bertz CT molecular complexity index is 645. The van der Waals surface area contributed by atoms with Gasteiger partial charge in [-0.1, -0.05) is 18.2 Å². The van der Waals surface area contributed by atoms with Gasteiger partial charge in [0.1, 0.15) is 6.10 Å². The summed E-state index contributed by atoms with van der Waals surface area (Å²) in [7, 11) is 0. The van der Waals surface area contributed by atoms with Crippen LogP contribution >= 0.6 is 0 Å². The first-order chi connectivity index (χ1) is 10.7. The predicted octanol–water partition coefficient (Wildman–Crippen LogP) is 2.47. The molecule has 0 N–H and O–H groups in total. The Hall–Kier alpha value is -2.43. The molecule has 0 saturated carbocycles. The highest BCUT2D eigenvalue weighted by molar-refractivity contribution is 5.95. The first-order valence-corrected chi connectivity index (χ1v) is 7.51. The smallest absolute Gasteiger partial charge is 0.254 e. The molecule has 114 valence electrons. The third kappa shape index (κ3) is 3.24. The minimum atomic E-state index is -0.0292. The lowest BCUT2D eigenvalue weighted by Crippen LogP contribution is -2.44. The number of ether oxygens (including phenoxy) is 1. The largest absolute Gasteiger partial charge is 0.471 e. The maximum atomic E-state index is 12.7. The number of hydrogen-bond acceptors (Lipinski definition) is 4. The zero-order valence-corrected chi connectivity index (χ0v) is 12.6. The van der Waals surface area contributed by atoms with Crippen LogP contribution in [0.5, 0.6) is 5.88 Å². The number of amides is 1. The molecule has 1 fully saturated rings. The van der Waals surface area contributed by atoms with Crippen molar-refractivity contribution in [1.82, 2.24) is 14.9 Å². The van der Waals surface area contributed by atoms with Gasteiger partial charge in [-0.2, -0.15) is 0 Å². The van der Waals surface area contributed by atoms with Gasteiger partial charge in [0.05, 0.1) is 12.7 Å². The van der Waals surface area contributed by atoms with Crippen LogP contribution in [0.15, 0.2) is 42.9 Å². The van der Waals surface area contributed by atoms with E-state index in [0.29, 0.717) is 12.4 Å². The molecule has 0 radical (unpaired) electrons. The summed E-state index contributed by atoms with van der Waals surface area (Å²) in [6, 6.07) is 7.69. The molecule has 22 heavy (non-hydrogen) atoms. The second-order valence-corrected chi connectivity index (χ2v) is 5.49. The molecular weight excluding hydrogens is 278 g/mol. The molecule has 1 aromatic carbocycles. The van der Waals surface area contributed by atoms with Crippen molar-refractivity contribution in [1.29, 1.82) is 0 Å². The first-order valence-electron chi connectivity index (χ1n) is 7.51. The summed E-state index contributed by atoms with van der Waals surface area (Å²) in [6.07, 6.45) is 6.65. The lowest BCUT2D eigenvalue weighted by Gasteiger charge is -2.32. The number of rotatable bonds is 3. The van der Waals surface area contributed by atoms with Gasteiger partial charge in [0, 0.05) is 24.5 Å². The van der Waals surface area contributed by atoms with Crippen LogP contribution in [0.2, 0.25) is 0 Å². The molecule has 1 amide bonds. The fourth-order valence-electron chi connectivity index (χ4n) is 2.72. The summed E-state index contributed by atoms with van der Waals surface area (Å²) in [5.41, 5.74) is 1.77. The molecule has 1 unspecified atom stereocenters. The molecular formula is C17H19N3O2. The molecule has 5 heteroatoms. The van der Waals surface area contributed by atoms with E-state index < -0.39 is 0 Å². The molecule has 0 bridgehead atoms. The van der Waals surface area contributed by atoms with E-state index in [9.17, 15) is 4.79 Å². The highest BCUT2D eigenvalue weighted by Gasteiger charge is 2.26. The predicted molar refractivity (Wildman–Crippen MR) is 82.8 cm³/mol. The van der Waals surface area contributed by atoms with Crippen LogP contribution < -0.4 is 4.74 Å². The van der Waals surface area contributed by atoms with Gasteiger partial charge in [-0.05, 0) is 31.4 Å². The monoisotopic (exact) mass is 297 g/mol. The van der Waals surface area contributed by atoms with E-state index >= 15 is 0 Å². The van der Waals surface area contributed by atoms with Crippen LogP contribution in [0.1, 0.15) is 28.8 Å². The number of carbonyl (C=O) groups is 1. The Morgan fingerprint density at radius 3 is 2.95 bits per heavy atom. The van der Waals surface area contributed by atoms with E-state index in [1.807, 2.05) is 36.1 Å². The van der Waals surface area contributed by atoms with Crippen LogP contribution in [-0.2, 0) is 0 Å². The quantitative estimate of drug-likeness (QED) is 0.873. The van der Waals surface area contributed by atoms with Crippen LogP contribution in [0.4, 0.5) is 0 Å². The Morgan fingerprint density at radius 1 is 1.32 bits per heavy atom. The summed E-state index contributed by atoms with van der Waals surface area (Å²) in [5.74, 6) is 0.586. The molecule has 1 aromatic heterocycles. The van der Waals surface area contributed by atoms with E-state index in [0.717, 1.165) is 30.5 Å². The topological polar surface area (TPSA) is 55.3 Å². The summed E-state index contributed by atoms with van der Waals surface area (Å²) < 4.78 is 5.83. The fraction of sp³-hybridized carbons (Fsp3) is 0.353. The van der Waals surface area contributed by atoms with Crippen molar-refractivity contribution >= 4 is 5.91 Å². The van der Waals surface area contributed by atoms with Crippen molar-refractivity contribution in [3.63, 3.8) is 0 Å². The Labute approximate surface area is 130 Å². The van der Waals surface area contributed by atoms with Gasteiger partial charge in [0.25, 0.3) is 5.91 Å². The van der Waals surface area contributed by atoms with Gasteiger partial charge in [0.15, 0.2) is 0 Å². The Morgan fingerprint density at radius 2 is 2.18 bits per heavy atom. The van der Waals surface area contributed by atoms with Crippen LogP contribution in [-0.4, -0.2) is 40.0 Å². The van der Waals surface area contributed by atoms with E-state index in [2.05, 4.69) is 9.97 Å². The SMILES string of the molecule is Cc1ccccc1C(=O)N1CCCC(Oc2cnccn2)C1. The van der Waals surface area contributed by atoms with Crippen LogP contribution in [0, 0.1) is 6.92 Å². The summed E-state index contributed by atoms with van der Waals surface area (Å²) in [4.78, 5) is 22.7. The highest BCUT2D eigenvalue weighted by Crippen LogP contribution is 2.19. The zero-order chi connectivity index (χ0) is 15.4. The van der Waals surface area contributed by atoms with Gasteiger partial charge in [-0.3, -0.25) is 9.78 Å². The van der Waals surface area contributed by atoms with E-state index in [-0.39, 0.29) is 12.0 Å². The number of hydrogen-bond donors (Lipinski definition) is 0. The van der Waals surface area contributed by atoms with Gasteiger partial charge >= 0.3 is 0 Å². The maximum absolute atomic E-state index is 12.7. The van der Waals surface area contributed by atoms with Crippen molar-refractivity contribution in [3.05, 3.63) is 54.0 Å². The average Bonchev–Trinajstić information content (AvgIpc) is 2.56. The molecule has 1 atom stereocenters. The van der Waals surface area contributed by atoms with Crippen LogP contribution in [0.3, 0.4) is 0 Å². The summed E-state index contributed by atoms with van der Waals surface area (Å²) in [5, 5.41) is 0. The summed E-state index contributed by atoms with van der Waals surface area (Å²) in [6.45, 7) is 3.32. The van der Waals surface area contributed by atoms with Gasteiger partial charge < -0.3 is 9.64 Å². The molecule has 2 aromatic rings. The number of carbonyl (C=O) groups excluding carboxylic acids is 1. The maximum Gasteiger partial charge on any atom is 0.254 e. The number of likely N-dealkylation sites (tertiary alicyclic amines) is 1. The second-order valence-electron chi connectivity index (χ2n) is 5.49. The first kappa shape index (κ1) is 14.5. The average molecular weight is 297 g/mol.